The first kappa shape index (κ1) is 24.8. The summed E-state index contributed by atoms with van der Waals surface area (Å²) in [6, 6.07) is 2.42. The fraction of sp³-hybridized carbons (Fsp3) is 0.600. The van der Waals surface area contributed by atoms with Crippen LogP contribution in [-0.2, 0) is 20.9 Å². The molecule has 2 N–H and O–H groups in total. The molecule has 1 saturated carbocycles. The van der Waals surface area contributed by atoms with Gasteiger partial charge >= 0.3 is 11.9 Å². The van der Waals surface area contributed by atoms with Crippen molar-refractivity contribution >= 4 is 33.5 Å². The molecule has 1 spiro atoms. The Morgan fingerprint density at radius 1 is 1.15 bits per heavy atom. The number of carboxylic acid groups (broad SMARTS) is 2. The zero-order valence-corrected chi connectivity index (χ0v) is 20.9. The van der Waals surface area contributed by atoms with Crippen molar-refractivity contribution in [2.24, 2.45) is 10.8 Å². The fourth-order valence-electron chi connectivity index (χ4n) is 5.06. The van der Waals surface area contributed by atoms with Gasteiger partial charge in [-0.15, -0.1) is 11.3 Å². The quantitative estimate of drug-likeness (QED) is 0.603. The molecular formula is C25H33N3O5S. The molecule has 0 aromatic carbocycles. The number of carboxylic acids is 2. The second kappa shape index (κ2) is 9.71. The molecule has 2 aromatic heterocycles. The number of ether oxygens (including phenoxy) is 1. The number of carbonyl (C=O) groups is 2. The van der Waals surface area contributed by atoms with E-state index in [9.17, 15) is 9.59 Å². The molecule has 0 unspecified atom stereocenters. The third kappa shape index (κ3) is 5.82. The van der Waals surface area contributed by atoms with E-state index in [0.717, 1.165) is 44.6 Å². The SMILES string of the molecule is Cc1nc(CN2CC3(COC3)C2)c2cc(C3CCC(C)(C)CC3)sc2n1.O=C(O)/C=C/C(=O)O. The monoisotopic (exact) mass is 487 g/mol. The number of hydrogen-bond acceptors (Lipinski definition) is 7. The van der Waals surface area contributed by atoms with Crippen LogP contribution in [0, 0.1) is 17.8 Å². The van der Waals surface area contributed by atoms with Gasteiger partial charge < -0.3 is 14.9 Å². The predicted octanol–water partition coefficient (Wildman–Crippen LogP) is 4.23. The van der Waals surface area contributed by atoms with Gasteiger partial charge in [-0.05, 0) is 50.0 Å². The molecule has 2 saturated heterocycles. The molecule has 1 aliphatic carbocycles. The molecule has 8 nitrogen and oxygen atoms in total. The Balaban J connectivity index is 0.000000297. The van der Waals surface area contributed by atoms with Crippen LogP contribution in [0.4, 0.5) is 0 Å². The number of thiophene rings is 1. The Morgan fingerprint density at radius 3 is 2.29 bits per heavy atom. The summed E-state index contributed by atoms with van der Waals surface area (Å²) in [6.07, 6.45) is 6.42. The number of nitrogens with zero attached hydrogens (tertiary/aromatic N) is 3. The van der Waals surface area contributed by atoms with Crippen molar-refractivity contribution in [3.63, 3.8) is 0 Å². The molecule has 34 heavy (non-hydrogen) atoms. The van der Waals surface area contributed by atoms with Crippen molar-refractivity contribution in [3.05, 3.63) is 34.6 Å². The van der Waals surface area contributed by atoms with Crippen molar-refractivity contribution in [3.8, 4) is 0 Å². The lowest BCUT2D eigenvalue weighted by molar-refractivity contribution is -0.191. The third-order valence-corrected chi connectivity index (χ3v) is 8.21. The van der Waals surface area contributed by atoms with Crippen LogP contribution in [0.25, 0.3) is 10.2 Å². The van der Waals surface area contributed by atoms with E-state index in [4.69, 9.17) is 24.9 Å². The van der Waals surface area contributed by atoms with Crippen molar-refractivity contribution in [2.45, 2.75) is 58.9 Å². The summed E-state index contributed by atoms with van der Waals surface area (Å²) in [5.74, 6) is -0.887. The van der Waals surface area contributed by atoms with Gasteiger partial charge in [0.15, 0.2) is 0 Å². The second-order valence-electron chi connectivity index (χ2n) is 10.7. The number of aryl methyl sites for hydroxylation is 1. The standard InChI is InChI=1S/C21H29N3OS.C4H4O4/c1-14-22-17(9-24-10-21(11-24)12-25-13-21)16-8-18(26-19(16)23-14)15-4-6-20(2,3)7-5-15;5-3(6)1-2-4(7)8/h8,15H,4-7,9-13H2,1-3H3;1-2H,(H,5,6)(H,7,8)/b;2-1+. The first-order valence-electron chi connectivity index (χ1n) is 11.8. The van der Waals surface area contributed by atoms with Gasteiger partial charge in [-0.1, -0.05) is 13.8 Å². The van der Waals surface area contributed by atoms with E-state index in [1.807, 2.05) is 18.3 Å². The topological polar surface area (TPSA) is 113 Å². The predicted molar refractivity (Wildman–Crippen MR) is 130 cm³/mol. The van der Waals surface area contributed by atoms with Gasteiger partial charge in [0.05, 0.1) is 18.9 Å². The Hall–Kier alpha value is -2.36. The maximum atomic E-state index is 9.55. The third-order valence-electron chi connectivity index (χ3n) is 7.02. The summed E-state index contributed by atoms with van der Waals surface area (Å²) in [5, 5.41) is 16.9. The zero-order chi connectivity index (χ0) is 24.5. The van der Waals surface area contributed by atoms with E-state index in [-0.39, 0.29) is 0 Å². The summed E-state index contributed by atoms with van der Waals surface area (Å²) >= 11 is 1.91. The minimum absolute atomic E-state index is 0.468. The van der Waals surface area contributed by atoms with E-state index < -0.39 is 11.9 Å². The van der Waals surface area contributed by atoms with Crippen LogP contribution in [0.2, 0.25) is 0 Å². The first-order chi connectivity index (χ1) is 16.0. The summed E-state index contributed by atoms with van der Waals surface area (Å²) in [6.45, 7) is 12.0. The Morgan fingerprint density at radius 2 is 1.76 bits per heavy atom. The van der Waals surface area contributed by atoms with Gasteiger partial charge in [-0.2, -0.15) is 0 Å². The molecule has 9 heteroatoms. The van der Waals surface area contributed by atoms with Gasteiger partial charge in [0.1, 0.15) is 10.7 Å². The fourth-order valence-corrected chi connectivity index (χ4v) is 6.33. The molecule has 2 aromatic rings. The molecule has 5 rings (SSSR count). The van der Waals surface area contributed by atoms with Crippen molar-refractivity contribution in [2.75, 3.05) is 26.3 Å². The number of fused-ring (bicyclic) bond motifs is 1. The van der Waals surface area contributed by atoms with Gasteiger partial charge in [0.2, 0.25) is 0 Å². The Labute approximate surface area is 203 Å². The molecule has 3 aliphatic rings. The molecule has 0 bridgehead atoms. The van der Waals surface area contributed by atoms with Gasteiger partial charge in [-0.3, -0.25) is 4.90 Å². The molecule has 0 amide bonds. The van der Waals surface area contributed by atoms with Crippen molar-refractivity contribution in [1.82, 2.24) is 14.9 Å². The smallest absolute Gasteiger partial charge is 0.328 e. The van der Waals surface area contributed by atoms with Crippen LogP contribution in [0.5, 0.6) is 0 Å². The minimum Gasteiger partial charge on any atom is -0.478 e. The lowest BCUT2D eigenvalue weighted by Crippen LogP contribution is -2.65. The maximum absolute atomic E-state index is 9.55. The largest absolute Gasteiger partial charge is 0.478 e. The van der Waals surface area contributed by atoms with E-state index in [2.05, 4.69) is 24.8 Å². The maximum Gasteiger partial charge on any atom is 0.328 e. The van der Waals surface area contributed by atoms with Crippen molar-refractivity contribution < 1.29 is 24.5 Å². The van der Waals surface area contributed by atoms with E-state index in [1.54, 1.807) is 0 Å². The Kier molecular flexibility index (Phi) is 7.07. The van der Waals surface area contributed by atoms with Crippen LogP contribution in [-0.4, -0.2) is 63.3 Å². The lowest BCUT2D eigenvalue weighted by atomic mass is 9.73. The highest BCUT2D eigenvalue weighted by molar-refractivity contribution is 7.18. The summed E-state index contributed by atoms with van der Waals surface area (Å²) in [7, 11) is 0. The van der Waals surface area contributed by atoms with Crippen LogP contribution in [0.3, 0.4) is 0 Å². The van der Waals surface area contributed by atoms with Gasteiger partial charge in [0, 0.05) is 47.5 Å². The van der Waals surface area contributed by atoms with Crippen LogP contribution in [0.15, 0.2) is 18.2 Å². The first-order valence-corrected chi connectivity index (χ1v) is 12.6. The number of hydrogen-bond donors (Lipinski definition) is 2. The van der Waals surface area contributed by atoms with Gasteiger partial charge in [0.25, 0.3) is 0 Å². The molecule has 3 fully saturated rings. The number of aromatic nitrogens is 2. The average molecular weight is 488 g/mol. The molecule has 2 aliphatic heterocycles. The molecule has 4 heterocycles. The van der Waals surface area contributed by atoms with E-state index in [0.29, 0.717) is 23.0 Å². The van der Waals surface area contributed by atoms with Crippen LogP contribution in [0.1, 0.15) is 61.8 Å². The molecule has 0 radical (unpaired) electrons. The number of likely N-dealkylation sites (tertiary alicyclic amines) is 1. The lowest BCUT2D eigenvalue weighted by Gasteiger charge is -2.55. The molecule has 184 valence electrons. The summed E-state index contributed by atoms with van der Waals surface area (Å²) in [5.41, 5.74) is 2.21. The van der Waals surface area contributed by atoms with E-state index >= 15 is 0 Å². The normalized spacial score (nSPS) is 21.6. The highest BCUT2D eigenvalue weighted by Crippen LogP contribution is 2.45. The molecular weight excluding hydrogens is 454 g/mol. The van der Waals surface area contributed by atoms with Crippen LogP contribution < -0.4 is 0 Å². The van der Waals surface area contributed by atoms with Crippen LogP contribution >= 0.6 is 11.3 Å². The van der Waals surface area contributed by atoms with E-state index in [1.165, 1.54) is 46.5 Å². The average Bonchev–Trinajstić information content (AvgIpc) is 3.11. The Bertz CT molecular complexity index is 1070. The van der Waals surface area contributed by atoms with Crippen molar-refractivity contribution in [1.29, 1.82) is 0 Å². The highest BCUT2D eigenvalue weighted by Gasteiger charge is 2.48. The second-order valence-corrected chi connectivity index (χ2v) is 11.7. The zero-order valence-electron chi connectivity index (χ0n) is 20.0. The number of rotatable bonds is 5. The number of aliphatic carboxylic acids is 2. The van der Waals surface area contributed by atoms with Gasteiger partial charge in [-0.25, -0.2) is 19.6 Å². The highest BCUT2D eigenvalue weighted by atomic mass is 32.1. The molecule has 0 atom stereocenters. The summed E-state index contributed by atoms with van der Waals surface area (Å²) < 4.78 is 5.40. The minimum atomic E-state index is -1.26. The summed E-state index contributed by atoms with van der Waals surface area (Å²) in [4.78, 5) is 33.9.